The fourth-order valence-electron chi connectivity index (χ4n) is 1.91. The number of ether oxygens (including phenoxy) is 1. The van der Waals surface area contributed by atoms with Crippen LogP contribution in [0.3, 0.4) is 0 Å². The molecule has 0 aromatic rings. The van der Waals surface area contributed by atoms with E-state index in [9.17, 15) is 0 Å². The molecule has 0 heterocycles. The molecule has 0 aliphatic heterocycles. The lowest BCUT2D eigenvalue weighted by Crippen LogP contribution is -2.38. The number of aliphatic hydroxyl groups is 3. The maximum atomic E-state index is 9.12. The van der Waals surface area contributed by atoms with Gasteiger partial charge in [-0.15, -0.1) is 0 Å². The maximum absolute atomic E-state index is 9.12. The normalized spacial score (nSPS) is 12.0. The van der Waals surface area contributed by atoms with Crippen molar-refractivity contribution in [3.63, 3.8) is 0 Å². The molecule has 0 atom stereocenters. The molecule has 0 rings (SSSR count). The first-order chi connectivity index (χ1) is 9.24. The predicted octanol–water partition coefficient (Wildman–Crippen LogP) is 2.11. The molecule has 0 saturated carbocycles. The fourth-order valence-corrected chi connectivity index (χ4v) is 1.91. The Morgan fingerprint density at radius 3 is 1.68 bits per heavy atom. The van der Waals surface area contributed by atoms with Gasteiger partial charge < -0.3 is 20.1 Å². The Hall–Kier alpha value is -0.160. The SMILES string of the molecule is CCCCCCCCCCOCC(CO)(CO)CO. The van der Waals surface area contributed by atoms with Gasteiger partial charge >= 0.3 is 0 Å². The van der Waals surface area contributed by atoms with Crippen LogP contribution in [0.1, 0.15) is 58.3 Å². The third kappa shape index (κ3) is 9.38. The Kier molecular flexibility index (Phi) is 12.7. The number of unbranched alkanes of at least 4 members (excludes halogenated alkanes) is 7. The summed E-state index contributed by atoms with van der Waals surface area (Å²) in [7, 11) is 0. The number of hydrogen-bond acceptors (Lipinski definition) is 4. The van der Waals surface area contributed by atoms with Crippen LogP contribution in [0.2, 0.25) is 0 Å². The minimum absolute atomic E-state index is 0.215. The van der Waals surface area contributed by atoms with Gasteiger partial charge in [-0.1, -0.05) is 51.9 Å². The van der Waals surface area contributed by atoms with E-state index in [1.807, 2.05) is 0 Å². The average molecular weight is 276 g/mol. The zero-order valence-electron chi connectivity index (χ0n) is 12.4. The molecule has 4 heteroatoms. The molecule has 0 saturated heterocycles. The second kappa shape index (κ2) is 12.9. The highest BCUT2D eigenvalue weighted by molar-refractivity contribution is 4.76. The molecule has 0 aromatic carbocycles. The van der Waals surface area contributed by atoms with E-state index >= 15 is 0 Å². The second-order valence-electron chi connectivity index (χ2n) is 5.50. The topological polar surface area (TPSA) is 69.9 Å². The fraction of sp³-hybridized carbons (Fsp3) is 1.00. The van der Waals surface area contributed by atoms with Gasteiger partial charge in [-0.05, 0) is 6.42 Å². The van der Waals surface area contributed by atoms with Crippen molar-refractivity contribution < 1.29 is 20.1 Å². The van der Waals surface area contributed by atoms with Gasteiger partial charge in [-0.25, -0.2) is 0 Å². The molecule has 0 spiro atoms. The summed E-state index contributed by atoms with van der Waals surface area (Å²) in [6.07, 6.45) is 10.0. The predicted molar refractivity (Wildman–Crippen MR) is 77.1 cm³/mol. The van der Waals surface area contributed by atoms with Crippen molar-refractivity contribution in [2.45, 2.75) is 58.3 Å². The van der Waals surface area contributed by atoms with Crippen LogP contribution in [0.15, 0.2) is 0 Å². The zero-order valence-corrected chi connectivity index (χ0v) is 12.4. The highest BCUT2D eigenvalue weighted by Crippen LogP contribution is 2.15. The molecule has 0 bridgehead atoms. The van der Waals surface area contributed by atoms with E-state index in [4.69, 9.17) is 20.1 Å². The standard InChI is InChI=1S/C15H32O4/c1-2-3-4-5-6-7-8-9-10-19-14-15(11-16,12-17)13-18/h16-18H,2-14H2,1H3. The smallest absolute Gasteiger partial charge is 0.0629 e. The van der Waals surface area contributed by atoms with Gasteiger partial charge in [0.1, 0.15) is 0 Å². The summed E-state index contributed by atoms with van der Waals surface area (Å²) in [5, 5.41) is 27.4. The molecule has 0 unspecified atom stereocenters. The van der Waals surface area contributed by atoms with E-state index in [0.29, 0.717) is 6.61 Å². The van der Waals surface area contributed by atoms with E-state index < -0.39 is 5.41 Å². The average Bonchev–Trinajstić information content (AvgIpc) is 2.46. The van der Waals surface area contributed by atoms with Crippen LogP contribution in [-0.4, -0.2) is 48.4 Å². The number of aliphatic hydroxyl groups excluding tert-OH is 3. The van der Waals surface area contributed by atoms with Gasteiger partial charge in [-0.2, -0.15) is 0 Å². The molecule has 3 N–H and O–H groups in total. The molecule has 0 amide bonds. The summed E-state index contributed by atoms with van der Waals surface area (Å²) < 4.78 is 5.44. The van der Waals surface area contributed by atoms with E-state index in [1.165, 1.54) is 38.5 Å². The van der Waals surface area contributed by atoms with Crippen LogP contribution in [0.4, 0.5) is 0 Å². The maximum Gasteiger partial charge on any atom is 0.0629 e. The van der Waals surface area contributed by atoms with Gasteiger partial charge in [0.2, 0.25) is 0 Å². The van der Waals surface area contributed by atoms with Crippen LogP contribution in [-0.2, 0) is 4.74 Å². The molecule has 0 aromatic heterocycles. The first kappa shape index (κ1) is 18.8. The van der Waals surface area contributed by atoms with Crippen LogP contribution in [0.5, 0.6) is 0 Å². The van der Waals surface area contributed by atoms with Gasteiger partial charge in [0.25, 0.3) is 0 Å². The zero-order chi connectivity index (χ0) is 14.4. The molecule has 0 radical (unpaired) electrons. The van der Waals surface area contributed by atoms with Crippen molar-refractivity contribution in [1.29, 1.82) is 0 Å². The first-order valence-corrected chi connectivity index (χ1v) is 7.65. The minimum atomic E-state index is -0.889. The molecule has 4 nitrogen and oxygen atoms in total. The lowest BCUT2D eigenvalue weighted by atomic mass is 9.93. The molecule has 0 aliphatic carbocycles. The van der Waals surface area contributed by atoms with Crippen LogP contribution in [0.25, 0.3) is 0 Å². The summed E-state index contributed by atoms with van der Waals surface area (Å²) in [5.74, 6) is 0. The third-order valence-corrected chi connectivity index (χ3v) is 3.56. The van der Waals surface area contributed by atoms with Gasteiger partial charge in [0, 0.05) is 6.61 Å². The van der Waals surface area contributed by atoms with Gasteiger partial charge in [-0.3, -0.25) is 0 Å². The van der Waals surface area contributed by atoms with Crippen molar-refractivity contribution in [2.24, 2.45) is 5.41 Å². The van der Waals surface area contributed by atoms with Crippen molar-refractivity contribution in [2.75, 3.05) is 33.0 Å². The summed E-state index contributed by atoms with van der Waals surface area (Å²) in [4.78, 5) is 0. The molecule has 0 aliphatic rings. The largest absolute Gasteiger partial charge is 0.396 e. The summed E-state index contributed by atoms with van der Waals surface area (Å²) in [6, 6.07) is 0. The molecule has 0 fully saturated rings. The Balaban J connectivity index is 3.35. The van der Waals surface area contributed by atoms with Crippen LogP contribution < -0.4 is 0 Å². The quantitative estimate of drug-likeness (QED) is 0.425. The molecule has 19 heavy (non-hydrogen) atoms. The number of rotatable bonds is 14. The first-order valence-electron chi connectivity index (χ1n) is 7.65. The third-order valence-electron chi connectivity index (χ3n) is 3.56. The Bertz CT molecular complexity index is 173. The minimum Gasteiger partial charge on any atom is -0.396 e. The summed E-state index contributed by atoms with van der Waals surface area (Å²) in [6.45, 7) is 2.32. The highest BCUT2D eigenvalue weighted by atomic mass is 16.5. The molecular formula is C15H32O4. The number of hydrogen-bond donors (Lipinski definition) is 3. The molecular weight excluding hydrogens is 244 g/mol. The van der Waals surface area contributed by atoms with Crippen molar-refractivity contribution >= 4 is 0 Å². The van der Waals surface area contributed by atoms with Crippen molar-refractivity contribution in [1.82, 2.24) is 0 Å². The van der Waals surface area contributed by atoms with E-state index in [1.54, 1.807) is 0 Å². The summed E-state index contributed by atoms with van der Waals surface area (Å²) in [5.41, 5.74) is -0.889. The summed E-state index contributed by atoms with van der Waals surface area (Å²) >= 11 is 0. The van der Waals surface area contributed by atoms with Crippen LogP contribution in [0, 0.1) is 5.41 Å². The monoisotopic (exact) mass is 276 g/mol. The van der Waals surface area contributed by atoms with E-state index in [-0.39, 0.29) is 26.4 Å². The Labute approximate surface area is 117 Å². The van der Waals surface area contributed by atoms with Crippen LogP contribution >= 0.6 is 0 Å². The Morgan fingerprint density at radius 2 is 1.21 bits per heavy atom. The Morgan fingerprint density at radius 1 is 0.737 bits per heavy atom. The second-order valence-corrected chi connectivity index (χ2v) is 5.50. The van der Waals surface area contributed by atoms with Crippen molar-refractivity contribution in [3.05, 3.63) is 0 Å². The van der Waals surface area contributed by atoms with Gasteiger partial charge in [0.15, 0.2) is 0 Å². The van der Waals surface area contributed by atoms with Crippen molar-refractivity contribution in [3.8, 4) is 0 Å². The van der Waals surface area contributed by atoms with E-state index in [0.717, 1.165) is 12.8 Å². The lowest BCUT2D eigenvalue weighted by Gasteiger charge is -2.26. The van der Waals surface area contributed by atoms with Gasteiger partial charge in [0.05, 0.1) is 31.8 Å². The van der Waals surface area contributed by atoms with E-state index in [2.05, 4.69) is 6.92 Å². The lowest BCUT2D eigenvalue weighted by molar-refractivity contribution is -0.0582. The highest BCUT2D eigenvalue weighted by Gasteiger charge is 2.28. The molecule has 116 valence electrons.